The quantitative estimate of drug-likeness (QED) is 0.524. The van der Waals surface area contributed by atoms with Crippen molar-refractivity contribution in [2.45, 2.75) is 44.0 Å². The summed E-state index contributed by atoms with van der Waals surface area (Å²) in [5.74, 6) is 0.548. The maximum absolute atomic E-state index is 12.1. The summed E-state index contributed by atoms with van der Waals surface area (Å²) in [5.41, 5.74) is 0. The summed E-state index contributed by atoms with van der Waals surface area (Å²) in [7, 11) is 0. The minimum atomic E-state index is -0.408. The molecule has 2 aromatic carbocycles. The molecule has 3 unspecified atom stereocenters. The summed E-state index contributed by atoms with van der Waals surface area (Å²) in [6.07, 6.45) is 3.32. The van der Waals surface area contributed by atoms with Gasteiger partial charge in [0.25, 0.3) is 5.91 Å². The molecule has 2 aromatic rings. The molecule has 4 nitrogen and oxygen atoms in total. The number of carbonyl (C=O) groups excluding carboxylic acids is 2. The van der Waals surface area contributed by atoms with E-state index in [2.05, 4.69) is 19.2 Å². The number of benzene rings is 2. The topological polar surface area (TPSA) is 55.4 Å². The third-order valence-corrected chi connectivity index (χ3v) is 6.92. The normalized spacial score (nSPS) is 22.0. The van der Waals surface area contributed by atoms with Gasteiger partial charge in [0.1, 0.15) is 0 Å². The molecule has 28 heavy (non-hydrogen) atoms. The minimum absolute atomic E-state index is 0.133. The van der Waals surface area contributed by atoms with E-state index in [4.69, 9.17) is 16.3 Å². The van der Waals surface area contributed by atoms with E-state index in [0.29, 0.717) is 16.9 Å². The zero-order chi connectivity index (χ0) is 20.1. The van der Waals surface area contributed by atoms with E-state index in [1.54, 1.807) is 0 Å². The van der Waals surface area contributed by atoms with E-state index in [1.165, 1.54) is 18.2 Å². The Morgan fingerprint density at radius 2 is 1.93 bits per heavy atom. The zero-order valence-electron chi connectivity index (χ0n) is 16.2. The van der Waals surface area contributed by atoms with Gasteiger partial charge in [0.2, 0.25) is 0 Å². The Hall–Kier alpha value is -1.72. The molecular formula is C22H26ClNO3S. The van der Waals surface area contributed by atoms with Gasteiger partial charge in [0.05, 0.1) is 5.75 Å². The number of thioether (sulfide) groups is 1. The third kappa shape index (κ3) is 5.21. The second-order valence-corrected chi connectivity index (χ2v) is 8.91. The van der Waals surface area contributed by atoms with Crippen LogP contribution in [0, 0.1) is 11.8 Å². The fourth-order valence-corrected chi connectivity index (χ4v) is 4.98. The van der Waals surface area contributed by atoms with E-state index in [-0.39, 0.29) is 24.3 Å². The summed E-state index contributed by atoms with van der Waals surface area (Å²) in [6, 6.07) is 11.8. The lowest BCUT2D eigenvalue weighted by atomic mass is 9.78. The molecule has 1 aliphatic carbocycles. The molecule has 1 fully saturated rings. The fraction of sp³-hybridized carbons (Fsp3) is 0.455. The lowest BCUT2D eigenvalue weighted by Crippen LogP contribution is -2.45. The molecular weight excluding hydrogens is 394 g/mol. The van der Waals surface area contributed by atoms with Crippen molar-refractivity contribution in [1.29, 1.82) is 0 Å². The molecule has 1 N–H and O–H groups in total. The standard InChI is InChI=1S/C22H26ClNO3S/c1-14-6-3-10-18(15(14)2)24-20(25)12-27-21(26)13-28-19-11-5-8-16-7-4-9-17(23)22(16)19/h4-5,7-9,11,14-15,18H,3,6,10,12-13H2,1-2H3,(H,24,25). The molecule has 6 heteroatoms. The minimum Gasteiger partial charge on any atom is -0.455 e. The Bertz CT molecular complexity index is 852. The molecule has 0 heterocycles. The van der Waals surface area contributed by atoms with Gasteiger partial charge in [-0.1, -0.05) is 62.6 Å². The highest BCUT2D eigenvalue weighted by Gasteiger charge is 2.28. The molecule has 0 spiro atoms. The Morgan fingerprint density at radius 1 is 1.18 bits per heavy atom. The van der Waals surface area contributed by atoms with Crippen molar-refractivity contribution in [3.05, 3.63) is 41.4 Å². The molecule has 0 saturated heterocycles. The number of halogens is 1. The average Bonchev–Trinajstić information content (AvgIpc) is 2.68. The van der Waals surface area contributed by atoms with Crippen LogP contribution in [0.4, 0.5) is 0 Å². The van der Waals surface area contributed by atoms with Gasteiger partial charge in [-0.05, 0) is 35.8 Å². The van der Waals surface area contributed by atoms with E-state index < -0.39 is 5.97 Å². The van der Waals surface area contributed by atoms with Gasteiger partial charge >= 0.3 is 5.97 Å². The maximum Gasteiger partial charge on any atom is 0.316 e. The third-order valence-electron chi connectivity index (χ3n) is 5.58. The van der Waals surface area contributed by atoms with Crippen LogP contribution in [0.2, 0.25) is 5.02 Å². The maximum atomic E-state index is 12.1. The molecule has 0 aromatic heterocycles. The molecule has 0 bridgehead atoms. The first-order valence-electron chi connectivity index (χ1n) is 9.70. The monoisotopic (exact) mass is 419 g/mol. The number of esters is 1. The van der Waals surface area contributed by atoms with Gasteiger partial charge in [-0.2, -0.15) is 0 Å². The molecule has 1 amide bonds. The second kappa shape index (κ2) is 9.66. The van der Waals surface area contributed by atoms with Crippen molar-refractivity contribution < 1.29 is 14.3 Å². The van der Waals surface area contributed by atoms with Crippen molar-refractivity contribution in [2.75, 3.05) is 12.4 Å². The highest BCUT2D eigenvalue weighted by atomic mass is 35.5. The predicted molar refractivity (Wildman–Crippen MR) is 115 cm³/mol. The number of rotatable bonds is 6. The van der Waals surface area contributed by atoms with Crippen LogP contribution in [-0.4, -0.2) is 30.3 Å². The van der Waals surface area contributed by atoms with Crippen LogP contribution >= 0.6 is 23.4 Å². The van der Waals surface area contributed by atoms with Gasteiger partial charge in [-0.3, -0.25) is 9.59 Å². The lowest BCUT2D eigenvalue weighted by Gasteiger charge is -2.34. The van der Waals surface area contributed by atoms with Crippen molar-refractivity contribution >= 4 is 46.0 Å². The van der Waals surface area contributed by atoms with E-state index in [1.807, 2.05) is 36.4 Å². The van der Waals surface area contributed by atoms with Crippen molar-refractivity contribution in [1.82, 2.24) is 5.32 Å². The molecule has 1 aliphatic rings. The summed E-state index contributed by atoms with van der Waals surface area (Å²) in [4.78, 5) is 25.2. The Labute approximate surface area is 175 Å². The molecule has 150 valence electrons. The first-order chi connectivity index (χ1) is 13.5. The van der Waals surface area contributed by atoms with Crippen LogP contribution < -0.4 is 5.32 Å². The molecule has 0 aliphatic heterocycles. The number of carbonyl (C=O) groups is 2. The van der Waals surface area contributed by atoms with Gasteiger partial charge < -0.3 is 10.1 Å². The van der Waals surface area contributed by atoms with E-state index in [9.17, 15) is 9.59 Å². The highest BCUT2D eigenvalue weighted by Crippen LogP contribution is 2.33. The van der Waals surface area contributed by atoms with Crippen molar-refractivity contribution in [3.63, 3.8) is 0 Å². The van der Waals surface area contributed by atoms with Crippen LogP contribution in [0.1, 0.15) is 33.1 Å². The van der Waals surface area contributed by atoms with Crippen LogP contribution in [-0.2, 0) is 14.3 Å². The number of hydrogen-bond acceptors (Lipinski definition) is 4. The lowest BCUT2D eigenvalue weighted by molar-refractivity contribution is -0.146. The van der Waals surface area contributed by atoms with Gasteiger partial charge in [0, 0.05) is 21.3 Å². The van der Waals surface area contributed by atoms with Gasteiger partial charge in [-0.15, -0.1) is 11.8 Å². The molecule has 3 atom stereocenters. The van der Waals surface area contributed by atoms with E-state index in [0.717, 1.165) is 28.5 Å². The number of hydrogen-bond donors (Lipinski definition) is 1. The SMILES string of the molecule is CC1CCCC(NC(=O)COC(=O)CSc2cccc3cccc(Cl)c23)C1C. The Morgan fingerprint density at radius 3 is 2.71 bits per heavy atom. The van der Waals surface area contributed by atoms with Crippen LogP contribution in [0.3, 0.4) is 0 Å². The number of ether oxygens (including phenoxy) is 1. The van der Waals surface area contributed by atoms with Crippen molar-refractivity contribution in [2.24, 2.45) is 11.8 Å². The Kier molecular flexibility index (Phi) is 7.24. The summed E-state index contributed by atoms with van der Waals surface area (Å²) in [5, 5.41) is 5.64. The first-order valence-corrected chi connectivity index (χ1v) is 11.1. The summed E-state index contributed by atoms with van der Waals surface area (Å²) in [6.45, 7) is 4.17. The smallest absolute Gasteiger partial charge is 0.316 e. The largest absolute Gasteiger partial charge is 0.455 e. The first kappa shape index (κ1) is 21.0. The zero-order valence-corrected chi connectivity index (χ0v) is 17.8. The second-order valence-electron chi connectivity index (χ2n) is 7.48. The Balaban J connectivity index is 1.48. The molecule has 1 saturated carbocycles. The van der Waals surface area contributed by atoms with Crippen LogP contribution in [0.25, 0.3) is 10.8 Å². The number of nitrogens with one attached hydrogen (secondary N) is 1. The van der Waals surface area contributed by atoms with Crippen LogP contribution in [0.5, 0.6) is 0 Å². The fourth-order valence-electron chi connectivity index (χ4n) is 3.74. The van der Waals surface area contributed by atoms with Crippen molar-refractivity contribution in [3.8, 4) is 0 Å². The highest BCUT2D eigenvalue weighted by molar-refractivity contribution is 8.00. The van der Waals surface area contributed by atoms with Gasteiger partial charge in [0.15, 0.2) is 6.61 Å². The summed E-state index contributed by atoms with van der Waals surface area (Å²) < 4.78 is 5.17. The number of amides is 1. The average molecular weight is 420 g/mol. The molecule has 3 rings (SSSR count). The van der Waals surface area contributed by atoms with E-state index >= 15 is 0 Å². The molecule has 0 radical (unpaired) electrons. The van der Waals surface area contributed by atoms with Crippen LogP contribution in [0.15, 0.2) is 41.3 Å². The summed E-state index contributed by atoms with van der Waals surface area (Å²) >= 11 is 7.68. The number of fused-ring (bicyclic) bond motifs is 1. The van der Waals surface area contributed by atoms with Gasteiger partial charge in [-0.25, -0.2) is 0 Å². The predicted octanol–water partition coefficient (Wildman–Crippen LogP) is 5.07.